The van der Waals surface area contributed by atoms with Gasteiger partial charge in [-0.25, -0.2) is 22.2 Å². The number of hydrogen-bond donors (Lipinski definition) is 1. The Hall–Kier alpha value is -2.42. The number of aromatic nitrogens is 4. The molecule has 2 heterocycles. The van der Waals surface area contributed by atoms with Gasteiger partial charge in [0, 0.05) is 24.0 Å². The number of benzene rings is 1. The van der Waals surface area contributed by atoms with Crippen LogP contribution in [-0.4, -0.2) is 34.8 Å². The predicted octanol–water partition coefficient (Wildman–Crippen LogP) is 1.70. The highest BCUT2D eigenvalue weighted by Crippen LogP contribution is 2.22. The van der Waals surface area contributed by atoms with E-state index in [2.05, 4.69) is 20.2 Å². The summed E-state index contributed by atoms with van der Waals surface area (Å²) in [5.74, 6) is -1.76. The van der Waals surface area contributed by atoms with Crippen LogP contribution in [-0.2, 0) is 9.84 Å². The van der Waals surface area contributed by atoms with Crippen LogP contribution in [0.1, 0.15) is 0 Å². The molecule has 6 nitrogen and oxygen atoms in total. The van der Waals surface area contributed by atoms with Crippen molar-refractivity contribution in [2.24, 2.45) is 0 Å². The van der Waals surface area contributed by atoms with Gasteiger partial charge in [-0.3, -0.25) is 0 Å². The minimum Gasteiger partial charge on any atom is -0.338 e. The Bertz CT molecular complexity index is 914. The van der Waals surface area contributed by atoms with Crippen molar-refractivity contribution in [1.82, 2.24) is 20.2 Å². The Morgan fingerprint density at radius 2 is 1.86 bits per heavy atom. The summed E-state index contributed by atoms with van der Waals surface area (Å²) >= 11 is 0. The maximum absolute atomic E-state index is 13.2. The summed E-state index contributed by atoms with van der Waals surface area (Å²) in [5, 5.41) is 6.90. The number of aromatic amines is 1. The van der Waals surface area contributed by atoms with Crippen molar-refractivity contribution in [2.75, 3.05) is 6.26 Å². The number of H-pyrrole nitrogens is 1. The molecule has 0 spiro atoms. The third-order valence-electron chi connectivity index (χ3n) is 2.81. The van der Waals surface area contributed by atoms with Gasteiger partial charge >= 0.3 is 0 Å². The molecule has 1 aromatic carbocycles. The number of fused-ring (bicyclic) bond motifs is 1. The molecule has 1 N–H and O–H groups in total. The highest BCUT2D eigenvalue weighted by molar-refractivity contribution is 7.90. The second-order valence-electron chi connectivity index (χ2n) is 4.42. The lowest BCUT2D eigenvalue weighted by Gasteiger charge is -1.98. The zero-order valence-electron chi connectivity index (χ0n) is 10.6. The maximum Gasteiger partial charge on any atom is 0.194 e. The Kier molecular flexibility index (Phi) is 2.94. The third kappa shape index (κ3) is 2.47. The topological polar surface area (TPSA) is 88.6 Å². The number of halogens is 2. The summed E-state index contributed by atoms with van der Waals surface area (Å²) < 4.78 is 49.2. The van der Waals surface area contributed by atoms with Gasteiger partial charge in [-0.1, -0.05) is 0 Å². The first-order valence-corrected chi connectivity index (χ1v) is 7.61. The van der Waals surface area contributed by atoms with E-state index in [1.807, 2.05) is 0 Å². The van der Waals surface area contributed by atoms with E-state index in [0.717, 1.165) is 18.4 Å². The number of sulfone groups is 1. The number of imidazole rings is 1. The summed E-state index contributed by atoms with van der Waals surface area (Å²) in [7, 11) is -3.51. The molecule has 0 unspecified atom stereocenters. The molecule has 3 rings (SSSR count). The molecule has 0 bridgehead atoms. The van der Waals surface area contributed by atoms with Crippen LogP contribution >= 0.6 is 0 Å². The first kappa shape index (κ1) is 13.6. The van der Waals surface area contributed by atoms with E-state index < -0.39 is 21.5 Å². The van der Waals surface area contributed by atoms with Crippen molar-refractivity contribution in [2.45, 2.75) is 5.03 Å². The van der Waals surface area contributed by atoms with E-state index in [9.17, 15) is 17.2 Å². The summed E-state index contributed by atoms with van der Waals surface area (Å²) in [5.41, 5.74) is 0.866. The highest BCUT2D eigenvalue weighted by atomic mass is 32.2. The van der Waals surface area contributed by atoms with Gasteiger partial charge in [0.15, 0.2) is 26.5 Å². The standard InChI is InChI=1S/C12H8F2N4O2S/c1-21(19,20)11-2-6(5-15-18-11)12-16-9-3-7(13)8(14)4-10(9)17-12/h2-5H,1H3,(H,16,17). The molecule has 0 atom stereocenters. The molecule has 108 valence electrons. The minimum atomic E-state index is -3.51. The maximum atomic E-state index is 13.2. The fourth-order valence-electron chi connectivity index (χ4n) is 1.80. The molecular weight excluding hydrogens is 302 g/mol. The Labute approximate surface area is 117 Å². The summed E-state index contributed by atoms with van der Waals surface area (Å²) in [6, 6.07) is 3.22. The lowest BCUT2D eigenvalue weighted by molar-refractivity contribution is 0.510. The summed E-state index contributed by atoms with van der Waals surface area (Å²) in [4.78, 5) is 6.86. The van der Waals surface area contributed by atoms with Gasteiger partial charge in [0.2, 0.25) is 0 Å². The molecule has 2 aromatic heterocycles. The lowest BCUT2D eigenvalue weighted by atomic mass is 10.3. The smallest absolute Gasteiger partial charge is 0.194 e. The van der Waals surface area contributed by atoms with E-state index in [4.69, 9.17) is 0 Å². The fraction of sp³-hybridized carbons (Fsp3) is 0.0833. The van der Waals surface area contributed by atoms with Gasteiger partial charge in [-0.15, -0.1) is 5.10 Å². The van der Waals surface area contributed by atoms with Crippen molar-refractivity contribution in [1.29, 1.82) is 0 Å². The Morgan fingerprint density at radius 1 is 1.14 bits per heavy atom. The molecule has 3 aromatic rings. The molecular formula is C12H8F2N4O2S. The van der Waals surface area contributed by atoms with Crippen molar-refractivity contribution < 1.29 is 17.2 Å². The molecule has 0 saturated carbocycles. The largest absolute Gasteiger partial charge is 0.338 e. The van der Waals surface area contributed by atoms with Gasteiger partial charge in [-0.05, 0) is 6.07 Å². The van der Waals surface area contributed by atoms with Crippen molar-refractivity contribution in [3.63, 3.8) is 0 Å². The van der Waals surface area contributed by atoms with Crippen LogP contribution in [0.2, 0.25) is 0 Å². The quantitative estimate of drug-likeness (QED) is 0.778. The molecule has 9 heteroatoms. The van der Waals surface area contributed by atoms with E-state index in [0.29, 0.717) is 11.1 Å². The number of hydrogen-bond acceptors (Lipinski definition) is 5. The van der Waals surface area contributed by atoms with Gasteiger partial charge in [-0.2, -0.15) is 5.10 Å². The first-order chi connectivity index (χ1) is 9.84. The Morgan fingerprint density at radius 3 is 2.57 bits per heavy atom. The minimum absolute atomic E-state index is 0.210. The number of nitrogens with one attached hydrogen (secondary N) is 1. The number of nitrogens with zero attached hydrogens (tertiary/aromatic N) is 3. The lowest BCUT2D eigenvalue weighted by Crippen LogP contribution is -2.02. The van der Waals surface area contributed by atoms with Gasteiger partial charge in [0.05, 0.1) is 17.2 Å². The molecule has 0 radical (unpaired) electrons. The van der Waals surface area contributed by atoms with E-state index >= 15 is 0 Å². The normalized spacial score (nSPS) is 12.0. The fourth-order valence-corrected chi connectivity index (χ4v) is 2.34. The van der Waals surface area contributed by atoms with Gasteiger partial charge in [0.1, 0.15) is 5.82 Å². The molecule has 0 amide bonds. The molecule has 0 aliphatic carbocycles. The van der Waals surface area contributed by atoms with Crippen molar-refractivity contribution in [3.8, 4) is 11.4 Å². The molecule has 21 heavy (non-hydrogen) atoms. The van der Waals surface area contributed by atoms with Crippen LogP contribution in [0.4, 0.5) is 8.78 Å². The summed E-state index contributed by atoms with van der Waals surface area (Å²) in [6.07, 6.45) is 2.31. The monoisotopic (exact) mass is 310 g/mol. The second kappa shape index (κ2) is 4.55. The molecule has 0 aliphatic heterocycles. The van der Waals surface area contributed by atoms with E-state index in [1.54, 1.807) is 0 Å². The van der Waals surface area contributed by atoms with Crippen molar-refractivity contribution >= 4 is 20.9 Å². The zero-order chi connectivity index (χ0) is 15.2. The van der Waals surface area contributed by atoms with Crippen LogP contribution in [0.15, 0.2) is 29.4 Å². The van der Waals surface area contributed by atoms with Crippen LogP contribution < -0.4 is 0 Å². The molecule has 0 saturated heterocycles. The van der Waals surface area contributed by atoms with Crippen molar-refractivity contribution in [3.05, 3.63) is 36.0 Å². The highest BCUT2D eigenvalue weighted by Gasteiger charge is 2.14. The SMILES string of the molecule is CS(=O)(=O)c1cc(-c2nc3cc(F)c(F)cc3[nH]2)cnn1. The average Bonchev–Trinajstić information content (AvgIpc) is 2.81. The number of rotatable bonds is 2. The van der Waals surface area contributed by atoms with E-state index in [1.165, 1.54) is 12.3 Å². The predicted molar refractivity (Wildman–Crippen MR) is 70.1 cm³/mol. The van der Waals surface area contributed by atoms with Crippen LogP contribution in [0.3, 0.4) is 0 Å². The van der Waals surface area contributed by atoms with Crippen LogP contribution in [0, 0.1) is 11.6 Å². The average molecular weight is 310 g/mol. The second-order valence-corrected chi connectivity index (χ2v) is 6.39. The van der Waals surface area contributed by atoms with Gasteiger partial charge in [0.25, 0.3) is 0 Å². The van der Waals surface area contributed by atoms with Crippen LogP contribution in [0.25, 0.3) is 22.4 Å². The van der Waals surface area contributed by atoms with E-state index in [-0.39, 0.29) is 16.4 Å². The van der Waals surface area contributed by atoms with Crippen LogP contribution in [0.5, 0.6) is 0 Å². The summed E-state index contributed by atoms with van der Waals surface area (Å²) in [6.45, 7) is 0. The molecule has 0 aliphatic rings. The zero-order valence-corrected chi connectivity index (χ0v) is 11.4. The first-order valence-electron chi connectivity index (χ1n) is 5.72. The molecule has 0 fully saturated rings. The van der Waals surface area contributed by atoms with Gasteiger partial charge < -0.3 is 4.98 Å². The Balaban J connectivity index is 2.17. The third-order valence-corrected chi connectivity index (χ3v) is 3.77.